The number of ether oxygens (including phenoxy) is 1. The minimum atomic E-state index is -1.42. The van der Waals surface area contributed by atoms with Crippen molar-refractivity contribution in [2.45, 2.75) is 30.5 Å². The Morgan fingerprint density at radius 2 is 1.70 bits per heavy atom. The average molecular weight is 373 g/mol. The van der Waals surface area contributed by atoms with Gasteiger partial charge in [-0.05, 0) is 34.9 Å². The Labute approximate surface area is 156 Å². The Hall–Kier alpha value is -2.29. The van der Waals surface area contributed by atoms with Crippen LogP contribution < -0.4 is 5.32 Å². The van der Waals surface area contributed by atoms with Crippen LogP contribution in [0.2, 0.25) is 0 Å². The summed E-state index contributed by atoms with van der Waals surface area (Å²) in [6.45, 7) is -0.470. The van der Waals surface area contributed by atoms with E-state index in [4.69, 9.17) is 4.74 Å². The van der Waals surface area contributed by atoms with Gasteiger partial charge in [-0.1, -0.05) is 30.3 Å². The van der Waals surface area contributed by atoms with Crippen LogP contribution in [0.5, 0.6) is 0 Å². The fourth-order valence-electron chi connectivity index (χ4n) is 3.23. The lowest BCUT2D eigenvalue weighted by Crippen LogP contribution is -2.55. The lowest BCUT2D eigenvalue weighted by molar-refractivity contribution is -0.231. The molecule has 1 aliphatic heterocycles. The molecule has 0 radical (unpaired) electrons. The van der Waals surface area contributed by atoms with E-state index >= 15 is 0 Å². The van der Waals surface area contributed by atoms with E-state index in [0.29, 0.717) is 11.1 Å². The van der Waals surface area contributed by atoms with E-state index in [1.54, 1.807) is 31.3 Å². The second-order valence-corrected chi connectivity index (χ2v) is 6.53. The van der Waals surface area contributed by atoms with Crippen LogP contribution in [-0.2, 0) is 4.74 Å². The van der Waals surface area contributed by atoms with Gasteiger partial charge in [0, 0.05) is 12.6 Å². The number of carbonyl (C=O) groups is 1. The topological polar surface area (TPSA) is 119 Å². The molecule has 5 atom stereocenters. The summed E-state index contributed by atoms with van der Waals surface area (Å²) in [6.07, 6.45) is -5.97. The van der Waals surface area contributed by atoms with Crippen molar-refractivity contribution in [3.63, 3.8) is 0 Å². The highest BCUT2D eigenvalue weighted by molar-refractivity contribution is 5.94. The summed E-state index contributed by atoms with van der Waals surface area (Å²) in [5.74, 6) is -0.170. The highest BCUT2D eigenvalue weighted by Gasteiger charge is 2.43. The Bertz CT molecular complexity index is 791. The van der Waals surface area contributed by atoms with E-state index in [1.807, 2.05) is 24.3 Å². The zero-order valence-electron chi connectivity index (χ0n) is 14.8. The van der Waals surface area contributed by atoms with Crippen molar-refractivity contribution in [1.82, 2.24) is 5.32 Å². The molecule has 7 nitrogen and oxygen atoms in total. The predicted molar refractivity (Wildman–Crippen MR) is 98.0 cm³/mol. The molecule has 1 amide bonds. The minimum Gasteiger partial charge on any atom is -0.394 e. The largest absolute Gasteiger partial charge is 0.394 e. The van der Waals surface area contributed by atoms with Gasteiger partial charge in [-0.25, -0.2) is 0 Å². The SMILES string of the molecule is CNC(=O)c1ccc(-c2cccc([C@H]3O[C@H](CO)[C@@H](O)[C@H](O)[C@H]3O)c2)cc1. The number of nitrogens with one attached hydrogen (secondary N) is 1. The summed E-state index contributed by atoms with van der Waals surface area (Å²) in [5.41, 5.74) is 2.87. The van der Waals surface area contributed by atoms with Crippen molar-refractivity contribution < 1.29 is 30.0 Å². The number of amides is 1. The summed E-state index contributed by atoms with van der Waals surface area (Å²) >= 11 is 0. The number of rotatable bonds is 4. The minimum absolute atomic E-state index is 0.170. The van der Waals surface area contributed by atoms with Gasteiger partial charge in [-0.2, -0.15) is 0 Å². The van der Waals surface area contributed by atoms with Crippen molar-refractivity contribution in [2.24, 2.45) is 0 Å². The molecule has 5 N–H and O–H groups in total. The highest BCUT2D eigenvalue weighted by Crippen LogP contribution is 2.34. The summed E-state index contributed by atoms with van der Waals surface area (Å²) in [4.78, 5) is 11.7. The standard InChI is InChI=1S/C20H23NO6/c1-21-20(26)12-7-5-11(6-8-12)13-3-2-4-14(9-13)19-18(25)17(24)16(23)15(10-22)27-19/h2-9,15-19,22-25H,10H2,1H3,(H,21,26)/t15-,16-,17+,18-,19-/m1/s1. The zero-order valence-corrected chi connectivity index (χ0v) is 14.8. The van der Waals surface area contributed by atoms with Gasteiger partial charge in [0.05, 0.1) is 6.61 Å². The Kier molecular flexibility index (Phi) is 5.88. The van der Waals surface area contributed by atoms with Crippen molar-refractivity contribution in [3.05, 3.63) is 59.7 Å². The lowest BCUT2D eigenvalue weighted by Gasteiger charge is -2.40. The molecule has 0 spiro atoms. The number of hydrogen-bond donors (Lipinski definition) is 5. The van der Waals surface area contributed by atoms with Gasteiger partial charge >= 0.3 is 0 Å². The van der Waals surface area contributed by atoms with Gasteiger partial charge in [0.15, 0.2) is 0 Å². The number of benzene rings is 2. The first-order chi connectivity index (χ1) is 13.0. The van der Waals surface area contributed by atoms with Gasteiger partial charge in [0.25, 0.3) is 5.91 Å². The Balaban J connectivity index is 1.88. The third kappa shape index (κ3) is 3.87. The van der Waals surface area contributed by atoms with Crippen molar-refractivity contribution in [3.8, 4) is 11.1 Å². The van der Waals surface area contributed by atoms with Gasteiger partial charge in [-0.3, -0.25) is 4.79 Å². The fourth-order valence-corrected chi connectivity index (χ4v) is 3.23. The van der Waals surface area contributed by atoms with Gasteiger partial charge in [0.1, 0.15) is 30.5 Å². The zero-order chi connectivity index (χ0) is 19.6. The molecule has 0 unspecified atom stereocenters. The third-order valence-electron chi connectivity index (χ3n) is 4.81. The molecule has 0 bridgehead atoms. The van der Waals surface area contributed by atoms with Crippen LogP contribution in [0.25, 0.3) is 11.1 Å². The van der Waals surface area contributed by atoms with E-state index in [-0.39, 0.29) is 5.91 Å². The van der Waals surface area contributed by atoms with Crippen molar-refractivity contribution in [2.75, 3.05) is 13.7 Å². The van der Waals surface area contributed by atoms with E-state index in [9.17, 15) is 25.2 Å². The van der Waals surface area contributed by atoms with Crippen LogP contribution in [0.4, 0.5) is 0 Å². The molecule has 2 aromatic rings. The van der Waals surface area contributed by atoms with Gasteiger partial charge < -0.3 is 30.5 Å². The van der Waals surface area contributed by atoms with Crippen LogP contribution >= 0.6 is 0 Å². The van der Waals surface area contributed by atoms with E-state index in [2.05, 4.69) is 5.32 Å². The lowest BCUT2D eigenvalue weighted by atomic mass is 9.90. The number of hydrogen-bond acceptors (Lipinski definition) is 6. The Morgan fingerprint density at radius 3 is 2.33 bits per heavy atom. The first-order valence-electron chi connectivity index (χ1n) is 8.69. The fraction of sp³-hybridized carbons (Fsp3) is 0.350. The first-order valence-corrected chi connectivity index (χ1v) is 8.69. The molecule has 0 aromatic heterocycles. The van der Waals surface area contributed by atoms with Crippen LogP contribution in [0, 0.1) is 0 Å². The van der Waals surface area contributed by atoms with Crippen LogP contribution in [-0.4, -0.2) is 64.4 Å². The summed E-state index contributed by atoms with van der Waals surface area (Å²) in [6, 6.07) is 14.3. The maximum Gasteiger partial charge on any atom is 0.251 e. The predicted octanol–water partition coefficient (Wildman–Crippen LogP) is 0.228. The second-order valence-electron chi connectivity index (χ2n) is 6.53. The van der Waals surface area contributed by atoms with Gasteiger partial charge in [-0.15, -0.1) is 0 Å². The van der Waals surface area contributed by atoms with E-state index < -0.39 is 37.1 Å². The molecule has 0 saturated carbocycles. The van der Waals surface area contributed by atoms with Gasteiger partial charge in [0.2, 0.25) is 0 Å². The normalized spacial score (nSPS) is 28.0. The molecule has 144 valence electrons. The quantitative estimate of drug-likeness (QED) is 0.523. The number of carbonyl (C=O) groups excluding carboxylic acids is 1. The van der Waals surface area contributed by atoms with Crippen LogP contribution in [0.1, 0.15) is 22.0 Å². The molecular weight excluding hydrogens is 350 g/mol. The molecule has 7 heteroatoms. The highest BCUT2D eigenvalue weighted by atomic mass is 16.5. The molecular formula is C20H23NO6. The molecule has 1 heterocycles. The Morgan fingerprint density at radius 1 is 1.00 bits per heavy atom. The monoisotopic (exact) mass is 373 g/mol. The van der Waals surface area contributed by atoms with Crippen molar-refractivity contribution >= 4 is 5.91 Å². The molecule has 0 aliphatic carbocycles. The molecule has 27 heavy (non-hydrogen) atoms. The maximum atomic E-state index is 11.7. The van der Waals surface area contributed by atoms with E-state index in [0.717, 1.165) is 11.1 Å². The van der Waals surface area contributed by atoms with Crippen LogP contribution in [0.3, 0.4) is 0 Å². The summed E-state index contributed by atoms with van der Waals surface area (Å²) in [5, 5.41) is 42.1. The number of aliphatic hydroxyl groups excluding tert-OH is 4. The maximum absolute atomic E-state index is 11.7. The van der Waals surface area contributed by atoms with E-state index in [1.165, 1.54) is 0 Å². The average Bonchev–Trinajstić information content (AvgIpc) is 2.72. The molecule has 1 saturated heterocycles. The molecule has 1 aliphatic rings. The summed E-state index contributed by atoms with van der Waals surface area (Å²) < 4.78 is 5.61. The summed E-state index contributed by atoms with van der Waals surface area (Å²) in [7, 11) is 1.57. The van der Waals surface area contributed by atoms with Crippen molar-refractivity contribution in [1.29, 1.82) is 0 Å². The third-order valence-corrected chi connectivity index (χ3v) is 4.81. The van der Waals surface area contributed by atoms with Crippen LogP contribution in [0.15, 0.2) is 48.5 Å². The smallest absolute Gasteiger partial charge is 0.251 e. The number of aliphatic hydroxyl groups is 4. The molecule has 3 rings (SSSR count). The second kappa shape index (κ2) is 8.16. The first kappa shape index (κ1) is 19.5. The molecule has 2 aromatic carbocycles. The molecule has 1 fully saturated rings.